The van der Waals surface area contributed by atoms with Crippen molar-refractivity contribution in [3.8, 4) is 0 Å². The van der Waals surface area contributed by atoms with Gasteiger partial charge in [-0.25, -0.2) is 4.79 Å². The van der Waals surface area contributed by atoms with E-state index in [0.717, 1.165) is 5.56 Å². The molecule has 0 fully saturated rings. The Kier molecular flexibility index (Phi) is 5.07. The minimum atomic E-state index is -0.544. The maximum Gasteiger partial charge on any atom is 0.407 e. The average molecular weight is 304 g/mol. The Morgan fingerprint density at radius 2 is 2.18 bits per heavy atom. The summed E-state index contributed by atoms with van der Waals surface area (Å²) in [4.78, 5) is 21.7. The standard InChI is InChI=1S/C14H16N4O4/c1-11(8-17-9-13(7-15-17)18(20)21)16-14(19)22-10-12-5-3-2-4-6-12/h2-7,9,11H,8,10H2,1H3,(H,16,19)/t11-/m0/s1. The minimum absolute atomic E-state index is 0.0844. The number of nitro groups is 1. The SMILES string of the molecule is C[C@@H](Cn1cc([N+](=O)[O-])cn1)NC(=O)OCc1ccccc1. The van der Waals surface area contributed by atoms with Crippen molar-refractivity contribution in [2.45, 2.75) is 26.1 Å². The lowest BCUT2D eigenvalue weighted by molar-refractivity contribution is -0.385. The zero-order valence-corrected chi connectivity index (χ0v) is 12.0. The van der Waals surface area contributed by atoms with Crippen LogP contribution < -0.4 is 5.32 Å². The molecule has 0 aliphatic carbocycles. The number of amides is 1. The Balaban J connectivity index is 1.77. The molecule has 0 bridgehead atoms. The molecule has 0 saturated carbocycles. The molecule has 1 atom stereocenters. The first-order valence-corrected chi connectivity index (χ1v) is 6.68. The number of alkyl carbamates (subject to hydrolysis) is 1. The van der Waals surface area contributed by atoms with E-state index < -0.39 is 11.0 Å². The summed E-state index contributed by atoms with van der Waals surface area (Å²) in [6, 6.07) is 9.06. The van der Waals surface area contributed by atoms with E-state index in [1.54, 1.807) is 6.92 Å². The van der Waals surface area contributed by atoms with Crippen LogP contribution in [0.25, 0.3) is 0 Å². The Bertz CT molecular complexity index is 641. The van der Waals surface area contributed by atoms with E-state index in [9.17, 15) is 14.9 Å². The van der Waals surface area contributed by atoms with E-state index in [4.69, 9.17) is 4.74 Å². The van der Waals surface area contributed by atoms with Gasteiger partial charge in [0.2, 0.25) is 0 Å². The first-order valence-electron chi connectivity index (χ1n) is 6.68. The number of carbonyl (C=O) groups excluding carboxylic acids is 1. The maximum absolute atomic E-state index is 11.7. The summed E-state index contributed by atoms with van der Waals surface area (Å²) in [5.74, 6) is 0. The van der Waals surface area contributed by atoms with E-state index in [1.807, 2.05) is 30.3 Å². The van der Waals surface area contributed by atoms with Gasteiger partial charge >= 0.3 is 11.8 Å². The van der Waals surface area contributed by atoms with Crippen LogP contribution in [0.5, 0.6) is 0 Å². The first kappa shape index (κ1) is 15.5. The minimum Gasteiger partial charge on any atom is -0.445 e. The molecule has 1 amide bonds. The van der Waals surface area contributed by atoms with Crippen molar-refractivity contribution >= 4 is 11.8 Å². The molecule has 1 aromatic carbocycles. The average Bonchev–Trinajstić information content (AvgIpc) is 2.95. The van der Waals surface area contributed by atoms with Crippen LogP contribution in [0.4, 0.5) is 10.5 Å². The summed E-state index contributed by atoms with van der Waals surface area (Å²) in [6.45, 7) is 2.26. The Labute approximate surface area is 126 Å². The molecular formula is C14H16N4O4. The van der Waals surface area contributed by atoms with Crippen molar-refractivity contribution in [3.63, 3.8) is 0 Å². The summed E-state index contributed by atoms with van der Waals surface area (Å²) in [5.41, 5.74) is 0.812. The zero-order valence-electron chi connectivity index (χ0n) is 12.0. The fourth-order valence-corrected chi connectivity index (χ4v) is 1.84. The summed E-state index contributed by atoms with van der Waals surface area (Å²) in [7, 11) is 0. The van der Waals surface area contributed by atoms with Gasteiger partial charge in [-0.1, -0.05) is 30.3 Å². The lowest BCUT2D eigenvalue weighted by Gasteiger charge is -2.13. The lowest BCUT2D eigenvalue weighted by atomic mass is 10.2. The van der Waals surface area contributed by atoms with Crippen LogP contribution in [-0.2, 0) is 17.9 Å². The van der Waals surface area contributed by atoms with Crippen molar-refractivity contribution in [3.05, 3.63) is 58.4 Å². The van der Waals surface area contributed by atoms with E-state index in [0.29, 0.717) is 6.54 Å². The molecule has 22 heavy (non-hydrogen) atoms. The van der Waals surface area contributed by atoms with Crippen molar-refractivity contribution < 1.29 is 14.5 Å². The molecular weight excluding hydrogens is 288 g/mol. The van der Waals surface area contributed by atoms with Gasteiger partial charge in [0.25, 0.3) is 0 Å². The highest BCUT2D eigenvalue weighted by atomic mass is 16.6. The van der Waals surface area contributed by atoms with E-state index in [-0.39, 0.29) is 18.3 Å². The largest absolute Gasteiger partial charge is 0.445 e. The molecule has 2 rings (SSSR count). The van der Waals surface area contributed by atoms with Crippen LogP contribution in [0.1, 0.15) is 12.5 Å². The molecule has 8 nitrogen and oxygen atoms in total. The second-order valence-electron chi connectivity index (χ2n) is 4.78. The molecule has 8 heteroatoms. The van der Waals surface area contributed by atoms with Gasteiger partial charge in [0, 0.05) is 6.04 Å². The Morgan fingerprint density at radius 1 is 1.45 bits per heavy atom. The molecule has 1 aromatic heterocycles. The molecule has 116 valence electrons. The molecule has 0 unspecified atom stereocenters. The van der Waals surface area contributed by atoms with Gasteiger partial charge in [0.1, 0.15) is 19.0 Å². The van der Waals surface area contributed by atoms with Crippen molar-refractivity contribution in [2.24, 2.45) is 0 Å². The summed E-state index contributed by atoms with van der Waals surface area (Å²) in [6.07, 6.45) is 1.94. The molecule has 1 N–H and O–H groups in total. The van der Waals surface area contributed by atoms with Crippen LogP contribution in [-0.4, -0.2) is 26.8 Å². The molecule has 0 spiro atoms. The normalized spacial score (nSPS) is 11.7. The monoisotopic (exact) mass is 304 g/mol. The first-order chi connectivity index (χ1) is 10.5. The van der Waals surface area contributed by atoms with Gasteiger partial charge in [0.05, 0.1) is 11.5 Å². The topological polar surface area (TPSA) is 99.3 Å². The number of hydrogen-bond donors (Lipinski definition) is 1. The van der Waals surface area contributed by atoms with Crippen LogP contribution in [0.15, 0.2) is 42.7 Å². The number of rotatable bonds is 6. The number of hydrogen-bond acceptors (Lipinski definition) is 5. The van der Waals surface area contributed by atoms with Crippen LogP contribution in [0, 0.1) is 10.1 Å². The predicted molar refractivity (Wildman–Crippen MR) is 78.1 cm³/mol. The van der Waals surface area contributed by atoms with Gasteiger partial charge in [-0.3, -0.25) is 14.8 Å². The maximum atomic E-state index is 11.7. The van der Waals surface area contributed by atoms with E-state index >= 15 is 0 Å². The smallest absolute Gasteiger partial charge is 0.407 e. The number of nitrogens with zero attached hydrogens (tertiary/aromatic N) is 3. The van der Waals surface area contributed by atoms with Gasteiger partial charge < -0.3 is 10.1 Å². The van der Waals surface area contributed by atoms with Crippen LogP contribution in [0.3, 0.4) is 0 Å². The fourth-order valence-electron chi connectivity index (χ4n) is 1.84. The third-order valence-corrected chi connectivity index (χ3v) is 2.87. The molecule has 0 saturated heterocycles. The second kappa shape index (κ2) is 7.21. The molecule has 2 aromatic rings. The van der Waals surface area contributed by atoms with Gasteiger partial charge in [0.15, 0.2) is 0 Å². The quantitative estimate of drug-likeness (QED) is 0.651. The predicted octanol–water partition coefficient (Wildman–Crippen LogP) is 2.11. The molecule has 0 aliphatic heterocycles. The van der Waals surface area contributed by atoms with Gasteiger partial charge in [-0.15, -0.1) is 0 Å². The Hall–Kier alpha value is -2.90. The number of aromatic nitrogens is 2. The van der Waals surface area contributed by atoms with Crippen LogP contribution >= 0.6 is 0 Å². The Morgan fingerprint density at radius 3 is 2.82 bits per heavy atom. The molecule has 0 radical (unpaired) electrons. The fraction of sp³-hybridized carbons (Fsp3) is 0.286. The van der Waals surface area contributed by atoms with Crippen molar-refractivity contribution in [1.29, 1.82) is 0 Å². The van der Waals surface area contributed by atoms with Crippen molar-refractivity contribution in [1.82, 2.24) is 15.1 Å². The summed E-state index contributed by atoms with van der Waals surface area (Å²) >= 11 is 0. The summed E-state index contributed by atoms with van der Waals surface area (Å²) in [5, 5.41) is 17.1. The van der Waals surface area contributed by atoms with Crippen LogP contribution in [0.2, 0.25) is 0 Å². The highest BCUT2D eigenvalue weighted by Crippen LogP contribution is 2.08. The number of nitrogens with one attached hydrogen (secondary N) is 1. The van der Waals surface area contributed by atoms with Gasteiger partial charge in [-0.2, -0.15) is 5.10 Å². The van der Waals surface area contributed by atoms with E-state index in [2.05, 4.69) is 10.4 Å². The van der Waals surface area contributed by atoms with Crippen molar-refractivity contribution in [2.75, 3.05) is 0 Å². The highest BCUT2D eigenvalue weighted by molar-refractivity contribution is 5.67. The third kappa shape index (κ3) is 4.58. The molecule has 1 heterocycles. The van der Waals surface area contributed by atoms with E-state index in [1.165, 1.54) is 17.1 Å². The number of carbonyl (C=O) groups is 1. The lowest BCUT2D eigenvalue weighted by Crippen LogP contribution is -2.36. The number of benzene rings is 1. The third-order valence-electron chi connectivity index (χ3n) is 2.87. The summed E-state index contributed by atoms with van der Waals surface area (Å²) < 4.78 is 6.49. The highest BCUT2D eigenvalue weighted by Gasteiger charge is 2.13. The number of ether oxygens (including phenoxy) is 1. The molecule has 0 aliphatic rings. The second-order valence-corrected chi connectivity index (χ2v) is 4.78. The zero-order chi connectivity index (χ0) is 15.9. The van der Waals surface area contributed by atoms with Gasteiger partial charge in [-0.05, 0) is 12.5 Å².